The van der Waals surface area contributed by atoms with Gasteiger partial charge in [0.25, 0.3) is 0 Å². The lowest BCUT2D eigenvalue weighted by atomic mass is 9.94. The summed E-state index contributed by atoms with van der Waals surface area (Å²) in [5.74, 6) is 1.72. The zero-order valence-corrected chi connectivity index (χ0v) is 10.5. The maximum atomic E-state index is 9.93. The molecule has 0 unspecified atom stereocenters. The van der Waals surface area contributed by atoms with Gasteiger partial charge in [-0.15, -0.1) is 0 Å². The number of rotatable bonds is 3. The van der Waals surface area contributed by atoms with E-state index < -0.39 is 5.60 Å². The normalized spacial score (nSPS) is 19.1. The molecule has 0 bridgehead atoms. The van der Waals surface area contributed by atoms with Gasteiger partial charge in [-0.3, -0.25) is 0 Å². The van der Waals surface area contributed by atoms with Gasteiger partial charge in [0.15, 0.2) is 11.6 Å². The fourth-order valence-corrected chi connectivity index (χ4v) is 2.09. The van der Waals surface area contributed by atoms with Gasteiger partial charge in [0.2, 0.25) is 0 Å². The van der Waals surface area contributed by atoms with Crippen LogP contribution >= 0.6 is 0 Å². The summed E-state index contributed by atoms with van der Waals surface area (Å²) < 4.78 is 5.58. The molecule has 4 nitrogen and oxygen atoms in total. The Balaban J connectivity index is 2.12. The second-order valence-electron chi connectivity index (χ2n) is 4.74. The highest BCUT2D eigenvalue weighted by molar-refractivity contribution is 5.52. The molecule has 0 saturated carbocycles. The molecule has 0 aromatic carbocycles. The Morgan fingerprint density at radius 2 is 2.18 bits per heavy atom. The van der Waals surface area contributed by atoms with Crippen LogP contribution in [-0.4, -0.2) is 35.4 Å². The van der Waals surface area contributed by atoms with Crippen molar-refractivity contribution in [2.45, 2.75) is 32.3 Å². The van der Waals surface area contributed by atoms with Gasteiger partial charge in [0.05, 0.1) is 12.2 Å². The Morgan fingerprint density at radius 3 is 2.82 bits per heavy atom. The van der Waals surface area contributed by atoms with Crippen LogP contribution in [0.5, 0.6) is 5.75 Å². The topological polar surface area (TPSA) is 45.6 Å². The lowest BCUT2D eigenvalue weighted by Crippen LogP contribution is -2.42. The minimum Gasteiger partial charge on any atom is -0.490 e. The van der Waals surface area contributed by atoms with Gasteiger partial charge in [0.1, 0.15) is 0 Å². The largest absolute Gasteiger partial charge is 0.490 e. The van der Waals surface area contributed by atoms with E-state index in [2.05, 4.69) is 9.88 Å². The Morgan fingerprint density at radius 1 is 1.47 bits per heavy atom. The molecule has 2 rings (SSSR count). The van der Waals surface area contributed by atoms with Crippen LogP contribution in [0.15, 0.2) is 18.3 Å². The number of anilines is 1. The van der Waals surface area contributed by atoms with Crippen molar-refractivity contribution in [2.75, 3.05) is 24.6 Å². The molecule has 94 valence electrons. The van der Waals surface area contributed by atoms with Crippen LogP contribution in [0, 0.1) is 0 Å². The maximum Gasteiger partial charge on any atom is 0.171 e. The standard InChI is InChI=1S/C13H20N2O2/c1-3-17-11-5-4-8-14-12(11)15-9-6-13(2,16)7-10-15/h4-5,8,16H,3,6-7,9-10H2,1-2H3. The molecule has 0 spiro atoms. The molecule has 1 aromatic rings. The number of hydrogen-bond donors (Lipinski definition) is 1. The van der Waals surface area contributed by atoms with E-state index in [-0.39, 0.29) is 0 Å². The first kappa shape index (κ1) is 12.2. The summed E-state index contributed by atoms with van der Waals surface area (Å²) >= 11 is 0. The molecule has 0 amide bonds. The van der Waals surface area contributed by atoms with E-state index in [1.54, 1.807) is 6.20 Å². The summed E-state index contributed by atoms with van der Waals surface area (Å²) in [6, 6.07) is 3.83. The molecule has 0 aliphatic carbocycles. The number of nitrogens with zero attached hydrogens (tertiary/aromatic N) is 2. The highest BCUT2D eigenvalue weighted by atomic mass is 16.5. The van der Waals surface area contributed by atoms with E-state index in [1.807, 2.05) is 26.0 Å². The Hall–Kier alpha value is -1.29. The van der Waals surface area contributed by atoms with E-state index in [0.717, 1.165) is 37.5 Å². The average molecular weight is 236 g/mol. The van der Waals surface area contributed by atoms with Crippen molar-refractivity contribution in [1.82, 2.24) is 4.98 Å². The van der Waals surface area contributed by atoms with Gasteiger partial charge in [0, 0.05) is 19.3 Å². The highest BCUT2D eigenvalue weighted by Crippen LogP contribution is 2.30. The predicted molar refractivity (Wildman–Crippen MR) is 67.5 cm³/mol. The number of pyridine rings is 1. The SMILES string of the molecule is CCOc1cccnc1N1CCC(C)(O)CC1. The fraction of sp³-hybridized carbons (Fsp3) is 0.615. The van der Waals surface area contributed by atoms with E-state index >= 15 is 0 Å². The second kappa shape index (κ2) is 4.92. The smallest absolute Gasteiger partial charge is 0.171 e. The zero-order valence-electron chi connectivity index (χ0n) is 10.5. The van der Waals surface area contributed by atoms with Crippen molar-refractivity contribution in [3.05, 3.63) is 18.3 Å². The van der Waals surface area contributed by atoms with Gasteiger partial charge >= 0.3 is 0 Å². The van der Waals surface area contributed by atoms with E-state index in [9.17, 15) is 5.11 Å². The van der Waals surface area contributed by atoms with Crippen molar-refractivity contribution in [3.63, 3.8) is 0 Å². The molecule has 1 aromatic heterocycles. The van der Waals surface area contributed by atoms with E-state index in [4.69, 9.17) is 4.74 Å². The number of ether oxygens (including phenoxy) is 1. The Labute approximate surface area is 102 Å². The average Bonchev–Trinajstić information content (AvgIpc) is 2.31. The molecule has 1 aliphatic heterocycles. The Bertz CT molecular complexity index is 369. The van der Waals surface area contributed by atoms with Crippen molar-refractivity contribution in [1.29, 1.82) is 0 Å². The number of aromatic nitrogens is 1. The quantitative estimate of drug-likeness (QED) is 0.869. The first-order chi connectivity index (χ1) is 8.12. The van der Waals surface area contributed by atoms with Crippen LogP contribution in [0.25, 0.3) is 0 Å². The summed E-state index contributed by atoms with van der Waals surface area (Å²) in [4.78, 5) is 6.57. The summed E-state index contributed by atoms with van der Waals surface area (Å²) in [6.45, 7) is 6.16. The molecule has 0 radical (unpaired) electrons. The molecule has 1 aliphatic rings. The van der Waals surface area contributed by atoms with Crippen LogP contribution in [0.1, 0.15) is 26.7 Å². The summed E-state index contributed by atoms with van der Waals surface area (Å²) in [7, 11) is 0. The monoisotopic (exact) mass is 236 g/mol. The lowest BCUT2D eigenvalue weighted by Gasteiger charge is -2.36. The van der Waals surface area contributed by atoms with Gasteiger partial charge < -0.3 is 14.7 Å². The van der Waals surface area contributed by atoms with Crippen molar-refractivity contribution >= 4 is 5.82 Å². The molecule has 1 saturated heterocycles. The third-order valence-corrected chi connectivity index (χ3v) is 3.19. The molecule has 1 fully saturated rings. The minimum absolute atomic E-state index is 0.531. The molecule has 4 heteroatoms. The van der Waals surface area contributed by atoms with E-state index in [1.165, 1.54) is 0 Å². The van der Waals surface area contributed by atoms with Gasteiger partial charge in [-0.1, -0.05) is 0 Å². The minimum atomic E-state index is -0.531. The number of piperidine rings is 1. The molecule has 0 atom stereocenters. The third-order valence-electron chi connectivity index (χ3n) is 3.19. The van der Waals surface area contributed by atoms with Crippen LogP contribution in [-0.2, 0) is 0 Å². The van der Waals surface area contributed by atoms with Crippen molar-refractivity contribution in [2.24, 2.45) is 0 Å². The van der Waals surface area contributed by atoms with E-state index in [0.29, 0.717) is 6.61 Å². The highest BCUT2D eigenvalue weighted by Gasteiger charge is 2.28. The van der Waals surface area contributed by atoms with Crippen LogP contribution < -0.4 is 9.64 Å². The van der Waals surface area contributed by atoms with Gasteiger partial charge in [-0.25, -0.2) is 4.98 Å². The van der Waals surface area contributed by atoms with Crippen LogP contribution in [0.2, 0.25) is 0 Å². The Kier molecular flexibility index (Phi) is 3.52. The fourth-order valence-electron chi connectivity index (χ4n) is 2.09. The number of hydrogen-bond acceptors (Lipinski definition) is 4. The number of aliphatic hydroxyl groups is 1. The van der Waals surface area contributed by atoms with Crippen LogP contribution in [0.4, 0.5) is 5.82 Å². The predicted octanol–water partition coefficient (Wildman–Crippen LogP) is 1.83. The first-order valence-electron chi connectivity index (χ1n) is 6.17. The summed E-state index contributed by atoms with van der Waals surface area (Å²) in [5.41, 5.74) is -0.531. The lowest BCUT2D eigenvalue weighted by molar-refractivity contribution is 0.0349. The molecular formula is C13H20N2O2. The second-order valence-corrected chi connectivity index (χ2v) is 4.74. The zero-order chi connectivity index (χ0) is 12.3. The van der Waals surface area contributed by atoms with Crippen molar-refractivity contribution < 1.29 is 9.84 Å². The summed E-state index contributed by atoms with van der Waals surface area (Å²) in [6.07, 6.45) is 3.33. The maximum absolute atomic E-state index is 9.93. The molecular weight excluding hydrogens is 216 g/mol. The third kappa shape index (κ3) is 2.88. The van der Waals surface area contributed by atoms with Crippen LogP contribution in [0.3, 0.4) is 0 Å². The first-order valence-corrected chi connectivity index (χ1v) is 6.17. The van der Waals surface area contributed by atoms with Gasteiger partial charge in [-0.2, -0.15) is 0 Å². The molecule has 1 N–H and O–H groups in total. The summed E-state index contributed by atoms with van der Waals surface area (Å²) in [5, 5.41) is 9.93. The molecule has 17 heavy (non-hydrogen) atoms. The molecule has 2 heterocycles. The van der Waals surface area contributed by atoms with Crippen molar-refractivity contribution in [3.8, 4) is 5.75 Å². The van der Waals surface area contributed by atoms with Gasteiger partial charge in [-0.05, 0) is 38.8 Å².